The summed E-state index contributed by atoms with van der Waals surface area (Å²) in [5.41, 5.74) is 6.05. The van der Waals surface area contributed by atoms with Gasteiger partial charge in [0.05, 0.1) is 0 Å². The van der Waals surface area contributed by atoms with Gasteiger partial charge in [0, 0.05) is 0 Å². The van der Waals surface area contributed by atoms with Crippen molar-refractivity contribution >= 4 is 49.6 Å². The predicted octanol–water partition coefficient (Wildman–Crippen LogP) is 12.8. The molecule has 6 rings (SSSR count). The predicted molar refractivity (Wildman–Crippen MR) is 205 cm³/mol. The minimum atomic E-state index is 0. The molecule has 46 heavy (non-hydrogen) atoms. The topological polar surface area (TPSA) is 0 Å². The second-order valence-electron chi connectivity index (χ2n) is 14.0. The van der Waals surface area contributed by atoms with Gasteiger partial charge < -0.3 is 0 Å². The van der Waals surface area contributed by atoms with E-state index in [-0.39, 0.29) is 35.6 Å². The van der Waals surface area contributed by atoms with E-state index in [1.54, 1.807) is 27.4 Å². The molecule has 0 saturated heterocycles. The number of hydrogen-bond donors (Lipinski definition) is 0. The Morgan fingerprint density at radius 2 is 1.07 bits per heavy atom. The maximum Gasteiger partial charge on any atom is -0.109 e. The SMILES string of the molecule is CC(C)(C)c1ccc2[cH-]c3ccc(C(C)(C)C)cc3c2c1.CC([C](=[Zr+2])C(C)c1ccccc1)c1ccccc1.Cl.Cl.[C-]1=CC=CC1. The monoisotopic (exact) mass is 726 g/mol. The molecule has 0 aromatic heterocycles. The van der Waals surface area contributed by atoms with Gasteiger partial charge >= 0.3 is 125 Å². The van der Waals surface area contributed by atoms with Crippen LogP contribution < -0.4 is 0 Å². The molecule has 0 amide bonds. The minimum absolute atomic E-state index is 0. The van der Waals surface area contributed by atoms with Crippen molar-refractivity contribution in [2.45, 2.75) is 84.5 Å². The summed E-state index contributed by atoms with van der Waals surface area (Å²) in [5, 5.41) is 5.49. The fourth-order valence-corrected chi connectivity index (χ4v) is 6.31. The third kappa shape index (κ3) is 10.5. The van der Waals surface area contributed by atoms with Gasteiger partial charge in [-0.05, 0) is 10.8 Å². The van der Waals surface area contributed by atoms with E-state index in [9.17, 15) is 0 Å². The zero-order chi connectivity index (χ0) is 31.9. The van der Waals surface area contributed by atoms with Gasteiger partial charge in [-0.15, -0.1) is 71.0 Å². The van der Waals surface area contributed by atoms with Crippen LogP contribution in [-0.2, 0) is 35.1 Å². The van der Waals surface area contributed by atoms with E-state index >= 15 is 0 Å². The van der Waals surface area contributed by atoms with Crippen LogP contribution in [0.2, 0.25) is 0 Å². The summed E-state index contributed by atoms with van der Waals surface area (Å²) >= 11 is 1.54. The molecule has 2 atom stereocenters. The van der Waals surface area contributed by atoms with Gasteiger partial charge in [-0.1, -0.05) is 76.9 Å². The molecule has 0 fully saturated rings. The molecular weight excluding hydrogens is 679 g/mol. The van der Waals surface area contributed by atoms with Crippen LogP contribution in [0, 0.1) is 6.08 Å². The molecule has 0 heterocycles. The average molecular weight is 729 g/mol. The molecule has 0 N–H and O–H groups in total. The van der Waals surface area contributed by atoms with Crippen molar-refractivity contribution in [3.8, 4) is 0 Å². The van der Waals surface area contributed by atoms with Crippen LogP contribution in [0.15, 0.2) is 121 Å². The standard InChI is InChI=1S/C21H25.C17H18.C5H5.2ClH.Zr/c1-20(2,3)16-9-7-14-11-15-8-10-17(21(4,5)6)13-19(15)18(14)12-16;1-14(16-9-5-3-6-10-16)13-15(2)17-11-7-4-8-12-17;1-2-4-5-3-1;;;/h7-13H,1-6H3;3-12,14-15H,1-2H3;1-3H,4H2;2*1H;/q-1;;-1;;;+2. The third-order valence-corrected chi connectivity index (χ3v) is 10.7. The normalized spacial score (nSPS) is 13.4. The van der Waals surface area contributed by atoms with Crippen molar-refractivity contribution in [2.75, 3.05) is 0 Å². The number of fused-ring (bicyclic) bond motifs is 3. The van der Waals surface area contributed by atoms with Crippen molar-refractivity contribution in [1.29, 1.82) is 0 Å². The summed E-state index contributed by atoms with van der Waals surface area (Å²) < 4.78 is 1.61. The molecule has 0 aliphatic heterocycles. The van der Waals surface area contributed by atoms with E-state index < -0.39 is 0 Å². The van der Waals surface area contributed by atoms with E-state index in [2.05, 4.69) is 171 Å². The maximum absolute atomic E-state index is 2.99. The average Bonchev–Trinajstić information content (AvgIpc) is 3.72. The van der Waals surface area contributed by atoms with Gasteiger partial charge in [-0.3, -0.25) is 6.08 Å². The van der Waals surface area contributed by atoms with E-state index in [0.29, 0.717) is 11.8 Å². The molecule has 3 heteroatoms. The van der Waals surface area contributed by atoms with Crippen LogP contribution in [0.1, 0.15) is 95.9 Å². The van der Waals surface area contributed by atoms with Crippen molar-refractivity contribution < 1.29 is 24.2 Å². The van der Waals surface area contributed by atoms with Crippen LogP contribution in [0.25, 0.3) is 21.5 Å². The summed E-state index contributed by atoms with van der Waals surface area (Å²) in [6.07, 6.45) is 10.0. The van der Waals surface area contributed by atoms with Crippen LogP contribution in [0.5, 0.6) is 0 Å². The maximum atomic E-state index is 2.99. The van der Waals surface area contributed by atoms with E-state index in [1.165, 1.54) is 43.8 Å². The van der Waals surface area contributed by atoms with Gasteiger partial charge in [0.25, 0.3) is 0 Å². The molecule has 0 saturated carbocycles. The van der Waals surface area contributed by atoms with E-state index in [1.807, 2.05) is 12.2 Å². The molecular formula is C43H50Cl2Zr. The summed E-state index contributed by atoms with van der Waals surface area (Å²) in [4.78, 5) is 0. The van der Waals surface area contributed by atoms with Gasteiger partial charge in [0.2, 0.25) is 0 Å². The van der Waals surface area contributed by atoms with E-state index in [4.69, 9.17) is 0 Å². The first kappa shape index (κ1) is 39.7. The summed E-state index contributed by atoms with van der Waals surface area (Å²) in [7, 11) is 0. The molecule has 0 nitrogen and oxygen atoms in total. The van der Waals surface area contributed by atoms with Crippen molar-refractivity contribution in [2.24, 2.45) is 0 Å². The summed E-state index contributed by atoms with van der Waals surface area (Å²) in [6.45, 7) is 18.3. The van der Waals surface area contributed by atoms with Crippen LogP contribution >= 0.6 is 24.8 Å². The smallest absolute Gasteiger partial charge is 0.109 e. The molecule has 0 bridgehead atoms. The van der Waals surface area contributed by atoms with Gasteiger partial charge in [-0.2, -0.15) is 6.08 Å². The van der Waals surface area contributed by atoms with Gasteiger partial charge in [0.1, 0.15) is 0 Å². The van der Waals surface area contributed by atoms with Gasteiger partial charge in [-0.25, -0.2) is 12.2 Å². The second kappa shape index (κ2) is 17.6. The Hall–Kier alpha value is -2.44. The fourth-order valence-electron chi connectivity index (χ4n) is 5.49. The minimum Gasteiger partial charge on any atom is -0.273 e. The quantitative estimate of drug-likeness (QED) is 0.162. The number of benzene rings is 4. The van der Waals surface area contributed by atoms with Gasteiger partial charge in [0.15, 0.2) is 0 Å². The molecule has 5 aromatic carbocycles. The Kier molecular flexibility index (Phi) is 15.2. The zero-order valence-corrected chi connectivity index (χ0v) is 32.8. The third-order valence-electron chi connectivity index (χ3n) is 8.56. The number of allylic oxidation sites excluding steroid dienone is 4. The van der Waals surface area contributed by atoms with Crippen molar-refractivity contribution in [3.05, 3.63) is 150 Å². The molecule has 1 aliphatic rings. The van der Waals surface area contributed by atoms with Crippen LogP contribution in [0.4, 0.5) is 0 Å². The summed E-state index contributed by atoms with van der Waals surface area (Å²) in [6, 6.07) is 37.7. The van der Waals surface area contributed by atoms with Crippen LogP contribution in [-0.4, -0.2) is 3.21 Å². The number of halogens is 2. The van der Waals surface area contributed by atoms with Crippen LogP contribution in [0.3, 0.4) is 0 Å². The Morgan fingerprint density at radius 3 is 1.37 bits per heavy atom. The first-order valence-electron chi connectivity index (χ1n) is 15.9. The second-order valence-corrected chi connectivity index (χ2v) is 15.4. The Bertz CT molecular complexity index is 1600. The zero-order valence-electron chi connectivity index (χ0n) is 28.7. The molecule has 0 radical (unpaired) electrons. The number of rotatable bonds is 4. The molecule has 240 valence electrons. The van der Waals surface area contributed by atoms with Crippen molar-refractivity contribution in [3.63, 3.8) is 0 Å². The Balaban J connectivity index is 0.000000270. The first-order valence-corrected chi connectivity index (χ1v) is 17.1. The molecule has 2 unspecified atom stereocenters. The van der Waals surface area contributed by atoms with Crippen molar-refractivity contribution in [1.82, 2.24) is 0 Å². The molecule has 1 aliphatic carbocycles. The van der Waals surface area contributed by atoms with E-state index in [0.717, 1.165) is 6.42 Å². The number of hydrogen-bond acceptors (Lipinski definition) is 0. The first-order chi connectivity index (χ1) is 20.9. The Labute approximate surface area is 305 Å². The molecule has 0 spiro atoms. The molecule has 5 aromatic rings. The summed E-state index contributed by atoms with van der Waals surface area (Å²) in [5.74, 6) is 1.08. The Morgan fingerprint density at radius 1 is 0.652 bits per heavy atom. The largest absolute Gasteiger partial charge is 0.273 e. The fraction of sp³-hybridized carbons (Fsp3) is 0.302.